The summed E-state index contributed by atoms with van der Waals surface area (Å²) in [5.74, 6) is 1.86. The van der Waals surface area contributed by atoms with Crippen LogP contribution in [-0.2, 0) is 11.3 Å². The Bertz CT molecular complexity index is 830. The molecule has 0 N–H and O–H groups in total. The number of amides is 1. The number of aromatic nitrogens is 2. The lowest BCUT2D eigenvalue weighted by molar-refractivity contribution is -0.127. The SMILES string of the molecule is COc1cccc(-n2ccnc2SCC(=O)N(C)Cc2ccco2)c1. The summed E-state index contributed by atoms with van der Waals surface area (Å²) in [7, 11) is 3.40. The molecule has 0 radical (unpaired) electrons. The van der Waals surface area contributed by atoms with Gasteiger partial charge in [0.2, 0.25) is 5.91 Å². The number of nitrogens with zero attached hydrogens (tertiary/aromatic N) is 3. The summed E-state index contributed by atoms with van der Waals surface area (Å²) in [6, 6.07) is 11.4. The summed E-state index contributed by atoms with van der Waals surface area (Å²) < 4.78 is 12.5. The molecule has 0 fully saturated rings. The van der Waals surface area contributed by atoms with Crippen molar-refractivity contribution in [3.8, 4) is 11.4 Å². The zero-order valence-electron chi connectivity index (χ0n) is 14.1. The van der Waals surface area contributed by atoms with Gasteiger partial charge in [0, 0.05) is 25.5 Å². The van der Waals surface area contributed by atoms with Crippen molar-refractivity contribution < 1.29 is 13.9 Å². The van der Waals surface area contributed by atoms with Gasteiger partial charge in [0.25, 0.3) is 0 Å². The number of carbonyl (C=O) groups is 1. The highest BCUT2D eigenvalue weighted by Gasteiger charge is 2.14. The van der Waals surface area contributed by atoms with Crippen LogP contribution in [0, 0.1) is 0 Å². The molecule has 0 saturated heterocycles. The molecule has 1 aromatic carbocycles. The topological polar surface area (TPSA) is 60.5 Å². The van der Waals surface area contributed by atoms with Gasteiger partial charge in [0.15, 0.2) is 5.16 Å². The van der Waals surface area contributed by atoms with Crippen LogP contribution in [0.5, 0.6) is 5.75 Å². The molecule has 0 aliphatic rings. The van der Waals surface area contributed by atoms with Crippen molar-refractivity contribution in [1.82, 2.24) is 14.5 Å². The smallest absolute Gasteiger partial charge is 0.233 e. The number of ether oxygens (including phenoxy) is 1. The normalized spacial score (nSPS) is 10.6. The number of hydrogen-bond donors (Lipinski definition) is 0. The van der Waals surface area contributed by atoms with Crippen molar-refractivity contribution >= 4 is 17.7 Å². The van der Waals surface area contributed by atoms with E-state index in [4.69, 9.17) is 9.15 Å². The predicted octanol–water partition coefficient (Wildman–Crippen LogP) is 3.22. The first-order chi connectivity index (χ1) is 12.2. The van der Waals surface area contributed by atoms with E-state index in [9.17, 15) is 4.79 Å². The van der Waals surface area contributed by atoms with Gasteiger partial charge in [-0.2, -0.15) is 0 Å². The molecule has 6 nitrogen and oxygen atoms in total. The van der Waals surface area contributed by atoms with Crippen LogP contribution in [-0.4, -0.2) is 40.3 Å². The molecule has 0 aliphatic heterocycles. The maximum Gasteiger partial charge on any atom is 0.233 e. The van der Waals surface area contributed by atoms with Crippen LogP contribution in [0.2, 0.25) is 0 Å². The van der Waals surface area contributed by atoms with Gasteiger partial charge in [-0.3, -0.25) is 9.36 Å². The average Bonchev–Trinajstić information content (AvgIpc) is 3.31. The number of carbonyl (C=O) groups excluding carboxylic acids is 1. The third-order valence-corrected chi connectivity index (χ3v) is 4.61. The minimum atomic E-state index is 0.0154. The van der Waals surface area contributed by atoms with Gasteiger partial charge in [-0.15, -0.1) is 0 Å². The van der Waals surface area contributed by atoms with E-state index in [1.165, 1.54) is 11.8 Å². The average molecular weight is 357 g/mol. The molecule has 0 saturated carbocycles. The van der Waals surface area contributed by atoms with Crippen molar-refractivity contribution in [3.63, 3.8) is 0 Å². The highest BCUT2D eigenvalue weighted by atomic mass is 32.2. The number of furan rings is 1. The molecular weight excluding hydrogens is 338 g/mol. The fourth-order valence-corrected chi connectivity index (χ4v) is 3.23. The van der Waals surface area contributed by atoms with E-state index in [0.29, 0.717) is 12.3 Å². The van der Waals surface area contributed by atoms with Crippen molar-refractivity contribution in [3.05, 3.63) is 60.8 Å². The van der Waals surface area contributed by atoms with Crippen molar-refractivity contribution in [1.29, 1.82) is 0 Å². The van der Waals surface area contributed by atoms with Gasteiger partial charge >= 0.3 is 0 Å². The van der Waals surface area contributed by atoms with Crippen LogP contribution in [0.15, 0.2) is 64.6 Å². The van der Waals surface area contributed by atoms with Crippen molar-refractivity contribution in [2.24, 2.45) is 0 Å². The highest BCUT2D eigenvalue weighted by molar-refractivity contribution is 7.99. The number of imidazole rings is 1. The maximum absolute atomic E-state index is 12.3. The lowest BCUT2D eigenvalue weighted by Gasteiger charge is -2.15. The largest absolute Gasteiger partial charge is 0.497 e. The lowest BCUT2D eigenvalue weighted by Crippen LogP contribution is -2.27. The minimum absolute atomic E-state index is 0.0154. The summed E-state index contributed by atoms with van der Waals surface area (Å²) in [6.45, 7) is 0.455. The van der Waals surface area contributed by atoms with Gasteiger partial charge in [0.1, 0.15) is 11.5 Å². The van der Waals surface area contributed by atoms with Crippen LogP contribution in [0.1, 0.15) is 5.76 Å². The Labute approximate surface area is 150 Å². The Morgan fingerprint density at radius 3 is 3.00 bits per heavy atom. The molecule has 0 atom stereocenters. The maximum atomic E-state index is 12.3. The summed E-state index contributed by atoms with van der Waals surface area (Å²) in [4.78, 5) is 18.3. The third kappa shape index (κ3) is 4.24. The fourth-order valence-electron chi connectivity index (χ4n) is 2.31. The third-order valence-electron chi connectivity index (χ3n) is 3.66. The van der Waals surface area contributed by atoms with E-state index in [1.807, 2.05) is 47.2 Å². The van der Waals surface area contributed by atoms with E-state index < -0.39 is 0 Å². The first-order valence-corrected chi connectivity index (χ1v) is 8.73. The number of methoxy groups -OCH3 is 1. The van der Waals surface area contributed by atoms with E-state index >= 15 is 0 Å². The molecule has 25 heavy (non-hydrogen) atoms. The molecule has 7 heteroatoms. The Morgan fingerprint density at radius 1 is 1.36 bits per heavy atom. The molecule has 0 spiro atoms. The Balaban J connectivity index is 1.64. The number of rotatable bonds is 7. The van der Waals surface area contributed by atoms with Gasteiger partial charge < -0.3 is 14.1 Å². The fraction of sp³-hybridized carbons (Fsp3) is 0.222. The summed E-state index contributed by atoms with van der Waals surface area (Å²) in [5.41, 5.74) is 0.940. The molecule has 3 aromatic rings. The molecule has 0 bridgehead atoms. The lowest BCUT2D eigenvalue weighted by atomic mass is 10.3. The van der Waals surface area contributed by atoms with Gasteiger partial charge in [-0.05, 0) is 24.3 Å². The highest BCUT2D eigenvalue weighted by Crippen LogP contribution is 2.23. The number of benzene rings is 1. The van der Waals surface area contributed by atoms with Gasteiger partial charge in [-0.25, -0.2) is 4.98 Å². The van der Waals surface area contributed by atoms with Crippen LogP contribution < -0.4 is 4.74 Å². The van der Waals surface area contributed by atoms with Crippen LogP contribution >= 0.6 is 11.8 Å². The molecule has 2 heterocycles. The standard InChI is InChI=1S/C18H19N3O3S/c1-20(12-16-7-4-10-24-16)17(22)13-25-18-19-8-9-21(18)14-5-3-6-15(11-14)23-2/h3-11H,12-13H2,1-2H3. The summed E-state index contributed by atoms with van der Waals surface area (Å²) in [5, 5.41) is 0.757. The first kappa shape index (κ1) is 17.2. The zero-order chi connectivity index (χ0) is 17.6. The molecule has 130 valence electrons. The summed E-state index contributed by atoms with van der Waals surface area (Å²) >= 11 is 1.40. The monoisotopic (exact) mass is 357 g/mol. The molecule has 3 rings (SSSR count). The number of hydrogen-bond acceptors (Lipinski definition) is 5. The van der Waals surface area contributed by atoms with Crippen LogP contribution in [0.25, 0.3) is 5.69 Å². The van der Waals surface area contributed by atoms with Crippen molar-refractivity contribution in [2.45, 2.75) is 11.7 Å². The number of thioether (sulfide) groups is 1. The van der Waals surface area contributed by atoms with Crippen LogP contribution in [0.4, 0.5) is 0 Å². The molecule has 1 amide bonds. The second-order valence-electron chi connectivity index (χ2n) is 5.40. The van der Waals surface area contributed by atoms with E-state index in [-0.39, 0.29) is 5.91 Å². The molecular formula is C18H19N3O3S. The minimum Gasteiger partial charge on any atom is -0.497 e. The first-order valence-electron chi connectivity index (χ1n) is 7.74. The van der Waals surface area contributed by atoms with E-state index in [0.717, 1.165) is 22.4 Å². The van der Waals surface area contributed by atoms with Crippen molar-refractivity contribution in [2.75, 3.05) is 19.9 Å². The second kappa shape index (κ2) is 7.94. The second-order valence-corrected chi connectivity index (χ2v) is 6.34. The summed E-state index contributed by atoms with van der Waals surface area (Å²) in [6.07, 6.45) is 5.19. The molecule has 0 aliphatic carbocycles. The Morgan fingerprint density at radius 2 is 2.24 bits per heavy atom. The van der Waals surface area contributed by atoms with Gasteiger partial charge in [-0.1, -0.05) is 17.8 Å². The van der Waals surface area contributed by atoms with E-state index in [1.54, 1.807) is 31.5 Å². The zero-order valence-corrected chi connectivity index (χ0v) is 14.9. The van der Waals surface area contributed by atoms with Gasteiger partial charge in [0.05, 0.1) is 31.4 Å². The van der Waals surface area contributed by atoms with E-state index in [2.05, 4.69) is 4.98 Å². The Hall–Kier alpha value is -2.67. The Kier molecular flexibility index (Phi) is 5.45. The van der Waals surface area contributed by atoms with Crippen LogP contribution in [0.3, 0.4) is 0 Å². The molecule has 0 unspecified atom stereocenters. The quantitative estimate of drug-likeness (QED) is 0.608. The molecule has 2 aromatic heterocycles. The predicted molar refractivity (Wildman–Crippen MR) is 96.0 cm³/mol.